The number of amides is 1. The summed E-state index contributed by atoms with van der Waals surface area (Å²) in [7, 11) is 0. The van der Waals surface area contributed by atoms with Gasteiger partial charge in [-0.25, -0.2) is 8.78 Å². The third-order valence-corrected chi connectivity index (χ3v) is 5.91. The number of hydrogen-bond donors (Lipinski definition) is 1. The molecule has 8 heteroatoms. The SMILES string of the molecule is O=C(Cc1[nH]c(=S)n2c1CC(c1c(F)ccc(Cl)c1F)C2)N1CCCC1. The number of benzene rings is 1. The summed E-state index contributed by atoms with van der Waals surface area (Å²) in [4.78, 5) is 17.4. The molecule has 0 spiro atoms. The zero-order chi connectivity index (χ0) is 18.4. The van der Waals surface area contributed by atoms with Crippen molar-refractivity contribution in [1.29, 1.82) is 0 Å². The number of fused-ring (bicyclic) bond motifs is 1. The number of imidazole rings is 1. The van der Waals surface area contributed by atoms with Crippen LogP contribution >= 0.6 is 23.8 Å². The predicted octanol–water partition coefficient (Wildman–Crippen LogP) is 3.98. The number of halogens is 3. The van der Waals surface area contributed by atoms with Gasteiger partial charge in [0.15, 0.2) is 4.77 Å². The van der Waals surface area contributed by atoms with Crippen LogP contribution < -0.4 is 0 Å². The molecule has 1 aromatic carbocycles. The molecular weight excluding hydrogens is 380 g/mol. The summed E-state index contributed by atoms with van der Waals surface area (Å²) in [6.07, 6.45) is 2.72. The second kappa shape index (κ2) is 6.78. The Kier molecular flexibility index (Phi) is 4.61. The molecule has 1 aromatic heterocycles. The number of carbonyl (C=O) groups is 1. The number of hydrogen-bond acceptors (Lipinski definition) is 2. The molecule has 26 heavy (non-hydrogen) atoms. The second-order valence-corrected chi connectivity index (χ2v) is 7.68. The number of likely N-dealkylation sites (tertiary alicyclic amines) is 1. The number of H-pyrrole nitrogens is 1. The predicted molar refractivity (Wildman–Crippen MR) is 96.9 cm³/mol. The molecule has 0 bridgehead atoms. The summed E-state index contributed by atoms with van der Waals surface area (Å²) < 4.78 is 30.9. The molecule has 0 aliphatic carbocycles. The van der Waals surface area contributed by atoms with Gasteiger partial charge in [0.05, 0.1) is 11.4 Å². The monoisotopic (exact) mass is 397 g/mol. The highest BCUT2D eigenvalue weighted by Gasteiger charge is 2.32. The van der Waals surface area contributed by atoms with E-state index in [0.717, 1.165) is 37.3 Å². The fourth-order valence-corrected chi connectivity index (χ4v) is 4.46. The summed E-state index contributed by atoms with van der Waals surface area (Å²) in [5.74, 6) is -1.65. The van der Waals surface area contributed by atoms with Gasteiger partial charge in [0.25, 0.3) is 0 Å². The van der Waals surface area contributed by atoms with Crippen molar-refractivity contribution in [3.8, 4) is 0 Å². The molecule has 1 atom stereocenters. The first-order valence-corrected chi connectivity index (χ1v) is 9.46. The Balaban J connectivity index is 1.61. The van der Waals surface area contributed by atoms with Crippen LogP contribution in [-0.2, 0) is 24.2 Å². The summed E-state index contributed by atoms with van der Waals surface area (Å²) in [6, 6.07) is 2.41. The van der Waals surface area contributed by atoms with Crippen LogP contribution in [0.5, 0.6) is 0 Å². The molecule has 0 saturated carbocycles. The Hall–Kier alpha value is -1.73. The Morgan fingerprint density at radius 1 is 1.31 bits per heavy atom. The molecule has 4 nitrogen and oxygen atoms in total. The van der Waals surface area contributed by atoms with E-state index in [1.807, 2.05) is 9.47 Å². The van der Waals surface area contributed by atoms with Gasteiger partial charge >= 0.3 is 0 Å². The molecule has 3 heterocycles. The second-order valence-electron chi connectivity index (χ2n) is 6.89. The summed E-state index contributed by atoms with van der Waals surface area (Å²) >= 11 is 11.2. The standard InChI is InChI=1S/C18H18ClF2N3OS/c19-11-3-4-12(20)16(17(11)21)10-7-14-13(22-18(26)24(14)9-10)8-15(25)23-5-1-2-6-23/h3-4,10H,1-2,5-9H2,(H,22,26). The van der Waals surface area contributed by atoms with Crippen LogP contribution in [0.1, 0.15) is 35.7 Å². The maximum atomic E-state index is 14.4. The highest BCUT2D eigenvalue weighted by molar-refractivity contribution is 7.71. The van der Waals surface area contributed by atoms with E-state index in [-0.39, 0.29) is 28.8 Å². The topological polar surface area (TPSA) is 41.0 Å². The quantitative estimate of drug-likeness (QED) is 0.628. The fraction of sp³-hybridized carbons (Fsp3) is 0.444. The first-order chi connectivity index (χ1) is 12.5. The molecule has 1 unspecified atom stereocenters. The van der Waals surface area contributed by atoms with Gasteiger partial charge in [-0.05, 0) is 43.6 Å². The van der Waals surface area contributed by atoms with Crippen LogP contribution in [-0.4, -0.2) is 33.4 Å². The van der Waals surface area contributed by atoms with Gasteiger partial charge < -0.3 is 14.5 Å². The van der Waals surface area contributed by atoms with Crippen LogP contribution in [0.4, 0.5) is 8.78 Å². The van der Waals surface area contributed by atoms with E-state index >= 15 is 0 Å². The maximum absolute atomic E-state index is 14.4. The molecule has 1 amide bonds. The first-order valence-electron chi connectivity index (χ1n) is 8.67. The van der Waals surface area contributed by atoms with Crippen molar-refractivity contribution in [3.63, 3.8) is 0 Å². The van der Waals surface area contributed by atoms with Gasteiger partial charge in [0.2, 0.25) is 5.91 Å². The molecule has 0 radical (unpaired) electrons. The van der Waals surface area contributed by atoms with E-state index in [9.17, 15) is 13.6 Å². The lowest BCUT2D eigenvalue weighted by Gasteiger charge is -2.15. The molecule has 1 N–H and O–H groups in total. The minimum Gasteiger partial charge on any atom is -0.342 e. The lowest BCUT2D eigenvalue weighted by atomic mass is 9.95. The lowest BCUT2D eigenvalue weighted by Crippen LogP contribution is -2.29. The van der Waals surface area contributed by atoms with E-state index in [1.165, 1.54) is 12.1 Å². The zero-order valence-corrected chi connectivity index (χ0v) is 15.6. The van der Waals surface area contributed by atoms with Crippen molar-refractivity contribution in [2.45, 2.75) is 38.1 Å². The minimum absolute atomic E-state index is 0.00702. The van der Waals surface area contributed by atoms with Crippen molar-refractivity contribution < 1.29 is 13.6 Å². The van der Waals surface area contributed by atoms with Crippen molar-refractivity contribution in [2.75, 3.05) is 13.1 Å². The average Bonchev–Trinajstić information content (AvgIpc) is 3.31. The molecule has 4 rings (SSSR count). The smallest absolute Gasteiger partial charge is 0.228 e. The van der Waals surface area contributed by atoms with Crippen LogP contribution in [0.25, 0.3) is 0 Å². The van der Waals surface area contributed by atoms with Gasteiger partial charge in [0.1, 0.15) is 11.6 Å². The number of rotatable bonds is 3. The van der Waals surface area contributed by atoms with E-state index < -0.39 is 11.6 Å². The largest absolute Gasteiger partial charge is 0.342 e. The average molecular weight is 398 g/mol. The lowest BCUT2D eigenvalue weighted by molar-refractivity contribution is -0.129. The molecule has 2 aromatic rings. The van der Waals surface area contributed by atoms with Crippen molar-refractivity contribution in [2.24, 2.45) is 0 Å². The minimum atomic E-state index is -0.716. The highest BCUT2D eigenvalue weighted by atomic mass is 35.5. The van der Waals surface area contributed by atoms with Crippen LogP contribution in [0.2, 0.25) is 5.02 Å². The first kappa shape index (κ1) is 17.7. The third kappa shape index (κ3) is 2.97. The number of carbonyl (C=O) groups excluding carboxylic acids is 1. The van der Waals surface area contributed by atoms with Crippen LogP contribution in [0.15, 0.2) is 12.1 Å². The zero-order valence-electron chi connectivity index (χ0n) is 14.0. The van der Waals surface area contributed by atoms with Gasteiger partial charge in [-0.2, -0.15) is 0 Å². The molecular formula is C18H18ClF2N3OS. The molecule has 2 aliphatic heterocycles. The van der Waals surface area contributed by atoms with E-state index in [4.69, 9.17) is 23.8 Å². The molecule has 138 valence electrons. The molecule has 1 fully saturated rings. The normalized spacial score (nSPS) is 19.2. The number of aromatic amines is 1. The van der Waals surface area contributed by atoms with Gasteiger partial charge in [-0.15, -0.1) is 0 Å². The number of nitrogens with one attached hydrogen (secondary N) is 1. The Bertz CT molecular complexity index is 933. The number of aromatic nitrogens is 2. The molecule has 1 saturated heterocycles. The summed E-state index contributed by atoms with van der Waals surface area (Å²) in [5.41, 5.74) is 1.59. The van der Waals surface area contributed by atoms with Gasteiger partial charge in [-0.1, -0.05) is 11.6 Å². The molecule has 2 aliphatic rings. The summed E-state index contributed by atoms with van der Waals surface area (Å²) in [6.45, 7) is 1.95. The van der Waals surface area contributed by atoms with Crippen LogP contribution in [0.3, 0.4) is 0 Å². The van der Waals surface area contributed by atoms with E-state index in [1.54, 1.807) is 0 Å². The highest BCUT2D eigenvalue weighted by Crippen LogP contribution is 2.36. The van der Waals surface area contributed by atoms with Crippen molar-refractivity contribution in [1.82, 2.24) is 14.5 Å². The maximum Gasteiger partial charge on any atom is 0.228 e. The fourth-order valence-electron chi connectivity index (χ4n) is 3.99. The van der Waals surface area contributed by atoms with Gasteiger partial charge in [-0.3, -0.25) is 4.79 Å². The summed E-state index contributed by atoms with van der Waals surface area (Å²) in [5, 5.41) is -0.0902. The Morgan fingerprint density at radius 3 is 2.77 bits per heavy atom. The van der Waals surface area contributed by atoms with Gasteiger partial charge in [0, 0.05) is 42.5 Å². The Morgan fingerprint density at radius 2 is 2.04 bits per heavy atom. The Labute approximate surface area is 159 Å². The van der Waals surface area contributed by atoms with E-state index in [0.29, 0.717) is 17.7 Å². The van der Waals surface area contributed by atoms with E-state index in [2.05, 4.69) is 4.98 Å². The van der Waals surface area contributed by atoms with Crippen molar-refractivity contribution in [3.05, 3.63) is 50.5 Å². The third-order valence-electron chi connectivity index (χ3n) is 5.29. The van der Waals surface area contributed by atoms with Crippen LogP contribution in [0, 0.1) is 16.4 Å². The van der Waals surface area contributed by atoms with Crippen molar-refractivity contribution >= 4 is 29.7 Å². The number of nitrogens with zero attached hydrogens (tertiary/aromatic N) is 2.